The number of hydrogen-bond acceptors (Lipinski definition) is 7. The molecule has 2 amide bonds. The van der Waals surface area contributed by atoms with Crippen LogP contribution >= 0.6 is 34.4 Å². The molecule has 0 aliphatic rings. The average molecular weight is 366 g/mol. The Labute approximate surface area is 145 Å². The highest BCUT2D eigenvalue weighted by molar-refractivity contribution is 8.00. The number of rotatable bonds is 8. The Bertz CT molecular complexity index is 608. The highest BCUT2D eigenvalue weighted by Crippen LogP contribution is 2.05. The van der Waals surface area contributed by atoms with Crippen molar-refractivity contribution in [3.8, 4) is 0 Å². The van der Waals surface area contributed by atoms with E-state index in [1.807, 2.05) is 35.0 Å². The summed E-state index contributed by atoms with van der Waals surface area (Å²) in [6.45, 7) is 0. The van der Waals surface area contributed by atoms with Crippen molar-refractivity contribution in [2.24, 2.45) is 10.2 Å². The normalized spacial score (nSPS) is 11.1. The first-order valence-electron chi connectivity index (χ1n) is 6.52. The third kappa shape index (κ3) is 7.22. The average Bonchev–Trinajstić information content (AvgIpc) is 3.20. The molecular formula is C14H14N4O2S3. The lowest BCUT2D eigenvalue weighted by Crippen LogP contribution is -2.23. The van der Waals surface area contributed by atoms with Crippen LogP contribution in [0.25, 0.3) is 0 Å². The van der Waals surface area contributed by atoms with E-state index in [9.17, 15) is 9.59 Å². The van der Waals surface area contributed by atoms with Gasteiger partial charge in [-0.15, -0.1) is 34.4 Å². The van der Waals surface area contributed by atoms with Gasteiger partial charge < -0.3 is 0 Å². The maximum atomic E-state index is 11.5. The van der Waals surface area contributed by atoms with Gasteiger partial charge in [0, 0.05) is 9.75 Å². The van der Waals surface area contributed by atoms with E-state index in [4.69, 9.17) is 0 Å². The van der Waals surface area contributed by atoms with E-state index in [1.165, 1.54) is 34.4 Å². The second-order valence-corrected chi connectivity index (χ2v) is 7.05. The minimum Gasteiger partial charge on any atom is -0.272 e. The molecule has 2 N–H and O–H groups in total. The number of nitrogens with one attached hydrogen (secondary N) is 2. The van der Waals surface area contributed by atoms with E-state index in [1.54, 1.807) is 12.4 Å². The fourth-order valence-corrected chi connectivity index (χ4v) is 3.14. The molecule has 0 fully saturated rings. The van der Waals surface area contributed by atoms with Crippen LogP contribution in [0.2, 0.25) is 0 Å². The Hall–Kier alpha value is -1.97. The quantitative estimate of drug-likeness (QED) is 0.555. The maximum absolute atomic E-state index is 11.5. The molecule has 0 aliphatic heterocycles. The van der Waals surface area contributed by atoms with Crippen molar-refractivity contribution in [1.82, 2.24) is 10.9 Å². The zero-order chi connectivity index (χ0) is 16.3. The van der Waals surface area contributed by atoms with Crippen LogP contribution in [0.5, 0.6) is 0 Å². The Kier molecular flexibility index (Phi) is 7.50. The van der Waals surface area contributed by atoms with Crippen molar-refractivity contribution >= 4 is 58.7 Å². The van der Waals surface area contributed by atoms with Gasteiger partial charge in [0.1, 0.15) is 0 Å². The summed E-state index contributed by atoms with van der Waals surface area (Å²) in [4.78, 5) is 25.0. The molecule has 2 aromatic rings. The summed E-state index contributed by atoms with van der Waals surface area (Å²) in [5, 5.41) is 11.5. The molecular weight excluding hydrogens is 352 g/mol. The molecule has 0 saturated heterocycles. The van der Waals surface area contributed by atoms with Crippen molar-refractivity contribution in [2.75, 3.05) is 11.5 Å². The molecule has 23 heavy (non-hydrogen) atoms. The van der Waals surface area contributed by atoms with Gasteiger partial charge >= 0.3 is 0 Å². The molecule has 0 saturated carbocycles. The van der Waals surface area contributed by atoms with Gasteiger partial charge in [-0.3, -0.25) is 9.59 Å². The first-order chi connectivity index (χ1) is 11.2. The van der Waals surface area contributed by atoms with Gasteiger partial charge in [0.15, 0.2) is 0 Å². The number of hydrogen-bond donors (Lipinski definition) is 2. The summed E-state index contributed by atoms with van der Waals surface area (Å²) in [7, 11) is 0. The number of carbonyl (C=O) groups is 2. The van der Waals surface area contributed by atoms with Crippen molar-refractivity contribution in [3.63, 3.8) is 0 Å². The summed E-state index contributed by atoms with van der Waals surface area (Å²) >= 11 is 4.26. The predicted octanol–water partition coefficient (Wildman–Crippen LogP) is 2.14. The van der Waals surface area contributed by atoms with Crippen LogP contribution in [0.4, 0.5) is 0 Å². The van der Waals surface area contributed by atoms with Gasteiger partial charge in [-0.05, 0) is 22.9 Å². The number of thiophene rings is 2. The largest absolute Gasteiger partial charge is 0.272 e. The highest BCUT2D eigenvalue weighted by atomic mass is 32.2. The zero-order valence-electron chi connectivity index (χ0n) is 12.0. The van der Waals surface area contributed by atoms with Crippen LogP contribution in [0.1, 0.15) is 9.75 Å². The molecule has 2 aromatic heterocycles. The van der Waals surface area contributed by atoms with E-state index in [0.717, 1.165) is 9.75 Å². The zero-order valence-corrected chi connectivity index (χ0v) is 14.4. The number of nitrogens with zero attached hydrogens (tertiary/aromatic N) is 2. The molecule has 0 aromatic carbocycles. The summed E-state index contributed by atoms with van der Waals surface area (Å²) in [5.41, 5.74) is 4.83. The SMILES string of the molecule is O=C(CSCC(=O)N/N=C/c1cccs1)N/N=C/c1cccs1. The Morgan fingerprint density at radius 1 is 0.957 bits per heavy atom. The van der Waals surface area contributed by atoms with Crippen molar-refractivity contribution in [1.29, 1.82) is 0 Å². The summed E-state index contributed by atoms with van der Waals surface area (Å²) in [6.07, 6.45) is 3.17. The standard InChI is InChI=1S/C14H14N4O2S3/c19-13(17-15-7-11-3-1-5-22-11)9-21-10-14(20)18-16-8-12-4-2-6-23-12/h1-8H,9-10H2,(H,17,19)(H,18,20)/b15-7+,16-8+. The van der Waals surface area contributed by atoms with Crippen molar-refractivity contribution in [3.05, 3.63) is 44.8 Å². The summed E-state index contributed by atoms with van der Waals surface area (Å²) < 4.78 is 0. The molecule has 2 rings (SSSR count). The Morgan fingerprint density at radius 2 is 1.43 bits per heavy atom. The van der Waals surface area contributed by atoms with E-state index in [2.05, 4.69) is 21.1 Å². The minimum atomic E-state index is -0.252. The van der Waals surface area contributed by atoms with E-state index in [0.29, 0.717) is 0 Å². The first kappa shape index (κ1) is 17.4. The lowest BCUT2D eigenvalue weighted by molar-refractivity contribution is -0.118. The Balaban J connectivity index is 1.56. The molecule has 0 unspecified atom stereocenters. The van der Waals surface area contributed by atoms with Crippen LogP contribution in [-0.2, 0) is 9.59 Å². The monoisotopic (exact) mass is 366 g/mol. The molecule has 9 heteroatoms. The highest BCUT2D eigenvalue weighted by Gasteiger charge is 2.04. The topological polar surface area (TPSA) is 82.9 Å². The molecule has 6 nitrogen and oxygen atoms in total. The fourth-order valence-electron chi connectivity index (χ4n) is 1.37. The van der Waals surface area contributed by atoms with Crippen molar-refractivity contribution in [2.45, 2.75) is 0 Å². The summed E-state index contributed by atoms with van der Waals surface area (Å²) in [6, 6.07) is 7.61. The van der Waals surface area contributed by atoms with Gasteiger partial charge in [0.2, 0.25) is 11.8 Å². The molecule has 0 spiro atoms. The van der Waals surface area contributed by atoms with E-state index >= 15 is 0 Å². The van der Waals surface area contributed by atoms with Gasteiger partial charge in [-0.25, -0.2) is 10.9 Å². The lowest BCUT2D eigenvalue weighted by Gasteiger charge is -2.00. The molecule has 0 radical (unpaired) electrons. The van der Waals surface area contributed by atoms with Gasteiger partial charge in [0.25, 0.3) is 0 Å². The number of thioether (sulfide) groups is 1. The molecule has 0 bridgehead atoms. The van der Waals surface area contributed by atoms with Crippen LogP contribution in [0.3, 0.4) is 0 Å². The van der Waals surface area contributed by atoms with Crippen molar-refractivity contribution < 1.29 is 9.59 Å². The maximum Gasteiger partial charge on any atom is 0.250 e. The number of hydrazone groups is 2. The second-order valence-electron chi connectivity index (χ2n) is 4.11. The first-order valence-corrected chi connectivity index (χ1v) is 9.44. The van der Waals surface area contributed by atoms with Crippen LogP contribution < -0.4 is 10.9 Å². The van der Waals surface area contributed by atoms with Crippen LogP contribution in [0, 0.1) is 0 Å². The van der Waals surface area contributed by atoms with Gasteiger partial charge in [-0.2, -0.15) is 10.2 Å². The van der Waals surface area contributed by atoms with E-state index in [-0.39, 0.29) is 23.3 Å². The number of carbonyl (C=O) groups excluding carboxylic acids is 2. The molecule has 120 valence electrons. The fraction of sp³-hybridized carbons (Fsp3) is 0.143. The minimum absolute atomic E-state index is 0.157. The lowest BCUT2D eigenvalue weighted by atomic mass is 10.5. The summed E-state index contributed by atoms with van der Waals surface area (Å²) in [5.74, 6) is -0.191. The Morgan fingerprint density at radius 3 is 1.83 bits per heavy atom. The van der Waals surface area contributed by atoms with Gasteiger partial charge in [0.05, 0.1) is 23.9 Å². The van der Waals surface area contributed by atoms with Crippen LogP contribution in [-0.4, -0.2) is 35.7 Å². The second kappa shape index (κ2) is 9.93. The van der Waals surface area contributed by atoms with Gasteiger partial charge in [-0.1, -0.05) is 12.1 Å². The predicted molar refractivity (Wildman–Crippen MR) is 97.4 cm³/mol. The molecule has 0 atom stereocenters. The smallest absolute Gasteiger partial charge is 0.250 e. The third-order valence-electron chi connectivity index (χ3n) is 2.31. The third-order valence-corrected chi connectivity index (χ3v) is 4.86. The van der Waals surface area contributed by atoms with Crippen LogP contribution in [0.15, 0.2) is 45.2 Å². The molecule has 0 aliphatic carbocycles. The van der Waals surface area contributed by atoms with E-state index < -0.39 is 0 Å². The number of amides is 2. The molecule has 2 heterocycles.